The van der Waals surface area contributed by atoms with Gasteiger partial charge in [-0.25, -0.2) is 0 Å². The van der Waals surface area contributed by atoms with E-state index < -0.39 is 0 Å². The van der Waals surface area contributed by atoms with E-state index in [1.165, 1.54) is 12.0 Å². The molecule has 1 heterocycles. The lowest BCUT2D eigenvalue weighted by Gasteiger charge is -1.99. The van der Waals surface area contributed by atoms with Gasteiger partial charge in [0.1, 0.15) is 5.01 Å². The maximum absolute atomic E-state index is 4.23. The van der Waals surface area contributed by atoms with Gasteiger partial charge < -0.3 is 5.32 Å². The predicted molar refractivity (Wildman–Crippen MR) is 82.6 cm³/mol. The van der Waals surface area contributed by atoms with Crippen molar-refractivity contribution in [3.05, 3.63) is 42.5 Å². The van der Waals surface area contributed by atoms with Gasteiger partial charge in [0.25, 0.3) is 0 Å². The van der Waals surface area contributed by atoms with Crippen molar-refractivity contribution in [2.75, 3.05) is 11.9 Å². The lowest BCUT2D eigenvalue weighted by Crippen LogP contribution is -1.99. The van der Waals surface area contributed by atoms with Gasteiger partial charge in [-0.15, -0.1) is 16.8 Å². The van der Waals surface area contributed by atoms with Crippen LogP contribution in [0.2, 0.25) is 0 Å². The molecule has 0 radical (unpaired) electrons. The van der Waals surface area contributed by atoms with Gasteiger partial charge in [0.15, 0.2) is 0 Å². The van der Waals surface area contributed by atoms with Crippen LogP contribution < -0.4 is 5.32 Å². The van der Waals surface area contributed by atoms with Gasteiger partial charge in [0, 0.05) is 12.1 Å². The maximum atomic E-state index is 4.23. The van der Waals surface area contributed by atoms with E-state index in [2.05, 4.69) is 53.3 Å². The Kier molecular flexibility index (Phi) is 5.10. The Balaban J connectivity index is 2.03. The fourth-order valence-corrected chi connectivity index (χ4v) is 2.51. The molecule has 0 saturated heterocycles. The molecular formula is C15H19N3S. The molecule has 0 amide bonds. The van der Waals surface area contributed by atoms with Crippen molar-refractivity contribution in [3.8, 4) is 10.6 Å². The minimum absolute atomic E-state index is 0.901. The molecule has 0 atom stereocenters. The first-order valence-electron chi connectivity index (χ1n) is 6.61. The Labute approximate surface area is 118 Å². The summed E-state index contributed by atoms with van der Waals surface area (Å²) in [4.78, 5) is 0. The van der Waals surface area contributed by atoms with Crippen LogP contribution in [0.15, 0.2) is 36.9 Å². The second kappa shape index (κ2) is 7.04. The average Bonchev–Trinajstić information content (AvgIpc) is 2.89. The van der Waals surface area contributed by atoms with Crippen LogP contribution >= 0.6 is 11.3 Å². The zero-order chi connectivity index (χ0) is 13.5. The summed E-state index contributed by atoms with van der Waals surface area (Å²) in [6, 6.07) is 8.41. The second-order valence-corrected chi connectivity index (χ2v) is 5.36. The van der Waals surface area contributed by atoms with Crippen LogP contribution in [0.4, 0.5) is 5.13 Å². The van der Waals surface area contributed by atoms with Gasteiger partial charge in [-0.1, -0.05) is 55.0 Å². The highest BCUT2D eigenvalue weighted by Crippen LogP contribution is 2.26. The van der Waals surface area contributed by atoms with E-state index in [0.717, 1.165) is 35.1 Å². The van der Waals surface area contributed by atoms with E-state index in [1.54, 1.807) is 11.3 Å². The number of unbranched alkanes of at least 4 members (excludes halogenated alkanes) is 1. The minimum Gasteiger partial charge on any atom is -0.360 e. The lowest BCUT2D eigenvalue weighted by atomic mass is 10.1. The van der Waals surface area contributed by atoms with Crippen molar-refractivity contribution in [2.24, 2.45) is 0 Å². The maximum Gasteiger partial charge on any atom is 0.206 e. The fraction of sp³-hybridized carbons (Fsp3) is 0.333. The highest BCUT2D eigenvalue weighted by atomic mass is 32.1. The van der Waals surface area contributed by atoms with Crippen LogP contribution in [-0.2, 0) is 6.42 Å². The summed E-state index contributed by atoms with van der Waals surface area (Å²) in [6.45, 7) is 6.89. The Bertz CT molecular complexity index is 516. The topological polar surface area (TPSA) is 37.8 Å². The summed E-state index contributed by atoms with van der Waals surface area (Å²) >= 11 is 1.60. The predicted octanol–water partition coefficient (Wildman–Crippen LogP) is 4.15. The number of allylic oxidation sites excluding steroid dienone is 1. The first-order valence-corrected chi connectivity index (χ1v) is 7.42. The standard InChI is InChI=1S/C15H19N3S/c1-3-5-11-16-15-18-17-14(19-15)13-9-7-12(6-4-2)8-10-13/h4,7-10H,2-3,5-6,11H2,1H3,(H,16,18). The van der Waals surface area contributed by atoms with E-state index in [1.807, 2.05) is 6.08 Å². The van der Waals surface area contributed by atoms with Gasteiger partial charge in [0.2, 0.25) is 5.13 Å². The molecular weight excluding hydrogens is 254 g/mol. The van der Waals surface area contributed by atoms with E-state index in [9.17, 15) is 0 Å². The van der Waals surface area contributed by atoms with Crippen molar-refractivity contribution in [3.63, 3.8) is 0 Å². The summed E-state index contributed by atoms with van der Waals surface area (Å²) in [5.41, 5.74) is 2.39. The third-order valence-electron chi connectivity index (χ3n) is 2.81. The molecule has 0 bridgehead atoms. The number of anilines is 1. The Morgan fingerprint density at radius 3 is 2.74 bits per heavy atom. The van der Waals surface area contributed by atoms with E-state index in [0.29, 0.717) is 0 Å². The number of aromatic nitrogens is 2. The zero-order valence-electron chi connectivity index (χ0n) is 11.2. The Morgan fingerprint density at radius 1 is 1.26 bits per heavy atom. The lowest BCUT2D eigenvalue weighted by molar-refractivity contribution is 0.831. The molecule has 0 saturated carbocycles. The second-order valence-electron chi connectivity index (χ2n) is 4.38. The molecule has 1 N–H and O–H groups in total. The van der Waals surface area contributed by atoms with Gasteiger partial charge in [-0.3, -0.25) is 0 Å². The molecule has 0 fully saturated rings. The highest BCUT2D eigenvalue weighted by Gasteiger charge is 2.05. The van der Waals surface area contributed by atoms with Crippen LogP contribution in [0.5, 0.6) is 0 Å². The zero-order valence-corrected chi connectivity index (χ0v) is 12.0. The summed E-state index contributed by atoms with van der Waals surface area (Å²) in [7, 11) is 0. The molecule has 0 spiro atoms. The van der Waals surface area contributed by atoms with Gasteiger partial charge in [-0.05, 0) is 18.4 Å². The fourth-order valence-electron chi connectivity index (χ4n) is 1.73. The van der Waals surface area contributed by atoms with Crippen LogP contribution in [0.1, 0.15) is 25.3 Å². The van der Waals surface area contributed by atoms with Gasteiger partial charge in [-0.2, -0.15) is 0 Å². The number of benzene rings is 1. The van der Waals surface area contributed by atoms with Crippen molar-refractivity contribution in [1.29, 1.82) is 0 Å². The Hall–Kier alpha value is -1.68. The largest absolute Gasteiger partial charge is 0.360 e. The molecule has 0 unspecified atom stereocenters. The summed E-state index contributed by atoms with van der Waals surface area (Å²) in [6.07, 6.45) is 5.16. The molecule has 2 aromatic rings. The monoisotopic (exact) mass is 273 g/mol. The van der Waals surface area contributed by atoms with Crippen LogP contribution in [0.25, 0.3) is 10.6 Å². The van der Waals surface area contributed by atoms with Gasteiger partial charge >= 0.3 is 0 Å². The molecule has 3 nitrogen and oxygen atoms in total. The van der Waals surface area contributed by atoms with Crippen molar-refractivity contribution in [1.82, 2.24) is 10.2 Å². The molecule has 2 rings (SSSR count). The average molecular weight is 273 g/mol. The first kappa shape index (κ1) is 13.7. The third-order valence-corrected chi connectivity index (χ3v) is 3.74. The molecule has 0 aliphatic carbocycles. The van der Waals surface area contributed by atoms with Crippen molar-refractivity contribution in [2.45, 2.75) is 26.2 Å². The summed E-state index contributed by atoms with van der Waals surface area (Å²) in [5.74, 6) is 0. The smallest absolute Gasteiger partial charge is 0.206 e. The normalized spacial score (nSPS) is 10.4. The van der Waals surface area contributed by atoms with E-state index in [-0.39, 0.29) is 0 Å². The SMILES string of the molecule is C=CCc1ccc(-c2nnc(NCCCC)s2)cc1. The quantitative estimate of drug-likeness (QED) is 0.608. The number of nitrogens with zero attached hydrogens (tertiary/aromatic N) is 2. The molecule has 100 valence electrons. The van der Waals surface area contributed by atoms with Crippen LogP contribution in [-0.4, -0.2) is 16.7 Å². The molecule has 19 heavy (non-hydrogen) atoms. The molecule has 1 aromatic carbocycles. The number of hydrogen-bond acceptors (Lipinski definition) is 4. The highest BCUT2D eigenvalue weighted by molar-refractivity contribution is 7.18. The number of rotatable bonds is 7. The molecule has 1 aromatic heterocycles. The number of nitrogens with one attached hydrogen (secondary N) is 1. The molecule has 0 aliphatic rings. The third kappa shape index (κ3) is 3.89. The molecule has 4 heteroatoms. The van der Waals surface area contributed by atoms with Crippen LogP contribution in [0, 0.1) is 0 Å². The Morgan fingerprint density at radius 2 is 2.05 bits per heavy atom. The summed E-state index contributed by atoms with van der Waals surface area (Å²) in [5, 5.41) is 13.6. The molecule has 0 aliphatic heterocycles. The van der Waals surface area contributed by atoms with Crippen molar-refractivity contribution >= 4 is 16.5 Å². The van der Waals surface area contributed by atoms with Crippen LogP contribution in [0.3, 0.4) is 0 Å². The minimum atomic E-state index is 0.901. The summed E-state index contributed by atoms with van der Waals surface area (Å²) < 4.78 is 0. The van der Waals surface area contributed by atoms with E-state index >= 15 is 0 Å². The van der Waals surface area contributed by atoms with E-state index in [4.69, 9.17) is 0 Å². The first-order chi connectivity index (χ1) is 9.33. The van der Waals surface area contributed by atoms with Crippen molar-refractivity contribution < 1.29 is 0 Å². The van der Waals surface area contributed by atoms with Gasteiger partial charge in [0.05, 0.1) is 0 Å². The number of hydrogen-bond donors (Lipinski definition) is 1.